The maximum atomic E-state index is 12.1. The average Bonchev–Trinajstić information content (AvgIpc) is 3.17. The summed E-state index contributed by atoms with van der Waals surface area (Å²) in [7, 11) is -3.26. The number of benzene rings is 1. The van der Waals surface area contributed by atoms with Crippen molar-refractivity contribution >= 4 is 20.9 Å². The van der Waals surface area contributed by atoms with E-state index in [1.807, 2.05) is 6.20 Å². The molecule has 0 amide bonds. The standard InChI is InChI=1S/C16H22N2O3S/c1-2-12-4-3-5-15-13(10-17-16(12)15)6-8-18-22(19,20)14-7-9-21-11-14/h3-5,10,14,17-18H,2,6-9,11H2,1H3/t14-/m1/s1. The molecular formula is C16H22N2O3S. The van der Waals surface area contributed by atoms with Crippen LogP contribution in [0, 0.1) is 0 Å². The minimum atomic E-state index is -3.26. The number of sulfonamides is 1. The summed E-state index contributed by atoms with van der Waals surface area (Å²) < 4.78 is 32.1. The van der Waals surface area contributed by atoms with E-state index in [0.717, 1.165) is 17.5 Å². The number of aromatic nitrogens is 1. The predicted octanol–water partition coefficient (Wildman–Crippen LogP) is 1.98. The Hall–Kier alpha value is -1.37. The molecule has 0 aliphatic carbocycles. The fourth-order valence-electron chi connectivity index (χ4n) is 2.98. The highest BCUT2D eigenvalue weighted by Crippen LogP contribution is 2.22. The number of aryl methyl sites for hydroxylation is 1. The topological polar surface area (TPSA) is 71.2 Å². The van der Waals surface area contributed by atoms with E-state index in [1.165, 1.54) is 10.9 Å². The molecule has 2 aromatic rings. The molecule has 0 bridgehead atoms. The summed E-state index contributed by atoms with van der Waals surface area (Å²) in [5, 5.41) is 0.782. The second kappa shape index (κ2) is 6.40. The summed E-state index contributed by atoms with van der Waals surface area (Å²) in [4.78, 5) is 3.31. The second-order valence-electron chi connectivity index (χ2n) is 5.68. The lowest BCUT2D eigenvalue weighted by Gasteiger charge is -2.11. The van der Waals surface area contributed by atoms with Crippen LogP contribution < -0.4 is 4.72 Å². The molecule has 6 heteroatoms. The van der Waals surface area contributed by atoms with E-state index in [9.17, 15) is 8.42 Å². The number of para-hydroxylation sites is 1. The highest BCUT2D eigenvalue weighted by molar-refractivity contribution is 7.90. The monoisotopic (exact) mass is 322 g/mol. The van der Waals surface area contributed by atoms with E-state index in [1.54, 1.807) is 0 Å². The van der Waals surface area contributed by atoms with Crippen LogP contribution in [0.15, 0.2) is 24.4 Å². The number of fused-ring (bicyclic) bond motifs is 1. The maximum Gasteiger partial charge on any atom is 0.216 e. The summed E-state index contributed by atoms with van der Waals surface area (Å²) >= 11 is 0. The smallest absolute Gasteiger partial charge is 0.216 e. The van der Waals surface area contributed by atoms with Gasteiger partial charge in [-0.2, -0.15) is 0 Å². The first-order chi connectivity index (χ1) is 10.6. The Morgan fingerprint density at radius 3 is 2.95 bits per heavy atom. The molecule has 0 spiro atoms. The van der Waals surface area contributed by atoms with Crippen molar-refractivity contribution in [1.82, 2.24) is 9.71 Å². The van der Waals surface area contributed by atoms with E-state index in [0.29, 0.717) is 32.6 Å². The minimum absolute atomic E-state index is 0.308. The molecule has 1 aliphatic heterocycles. The van der Waals surface area contributed by atoms with Crippen LogP contribution in [0.25, 0.3) is 10.9 Å². The molecule has 1 atom stereocenters. The van der Waals surface area contributed by atoms with Crippen LogP contribution >= 0.6 is 0 Å². The minimum Gasteiger partial charge on any atom is -0.380 e. The molecule has 5 nitrogen and oxygen atoms in total. The van der Waals surface area contributed by atoms with Gasteiger partial charge >= 0.3 is 0 Å². The van der Waals surface area contributed by atoms with Crippen LogP contribution in [0.2, 0.25) is 0 Å². The van der Waals surface area contributed by atoms with Gasteiger partial charge in [0.15, 0.2) is 0 Å². The summed E-state index contributed by atoms with van der Waals surface area (Å²) in [5.41, 5.74) is 3.59. The number of hydrogen-bond acceptors (Lipinski definition) is 3. The van der Waals surface area contributed by atoms with Gasteiger partial charge in [-0.15, -0.1) is 0 Å². The molecule has 1 aromatic carbocycles. The lowest BCUT2D eigenvalue weighted by molar-refractivity contribution is 0.198. The van der Waals surface area contributed by atoms with Gasteiger partial charge in [-0.25, -0.2) is 13.1 Å². The first kappa shape index (κ1) is 15.5. The molecule has 1 saturated heterocycles. The number of H-pyrrole nitrogens is 1. The Morgan fingerprint density at radius 1 is 1.36 bits per heavy atom. The Labute approximate surface area is 131 Å². The van der Waals surface area contributed by atoms with Crippen molar-refractivity contribution in [2.24, 2.45) is 0 Å². The van der Waals surface area contributed by atoms with Gasteiger partial charge in [-0.1, -0.05) is 25.1 Å². The molecule has 2 heterocycles. The maximum absolute atomic E-state index is 12.1. The van der Waals surface area contributed by atoms with Crippen molar-refractivity contribution in [1.29, 1.82) is 0 Å². The molecule has 0 saturated carbocycles. The van der Waals surface area contributed by atoms with Crippen LogP contribution in [-0.2, 0) is 27.6 Å². The lowest BCUT2D eigenvalue weighted by atomic mass is 10.1. The highest BCUT2D eigenvalue weighted by atomic mass is 32.2. The quantitative estimate of drug-likeness (QED) is 0.854. The number of ether oxygens (including phenoxy) is 1. The molecule has 120 valence electrons. The van der Waals surface area contributed by atoms with E-state index in [-0.39, 0.29) is 0 Å². The molecule has 2 N–H and O–H groups in total. The molecule has 3 rings (SSSR count). The van der Waals surface area contributed by atoms with Gasteiger partial charge < -0.3 is 9.72 Å². The van der Waals surface area contributed by atoms with Gasteiger partial charge in [0, 0.05) is 30.3 Å². The predicted molar refractivity (Wildman–Crippen MR) is 87.5 cm³/mol. The van der Waals surface area contributed by atoms with E-state index in [4.69, 9.17) is 4.74 Å². The van der Waals surface area contributed by atoms with Gasteiger partial charge in [-0.05, 0) is 30.4 Å². The average molecular weight is 322 g/mol. The Balaban J connectivity index is 1.67. The number of rotatable bonds is 6. The fourth-order valence-corrected chi connectivity index (χ4v) is 4.28. The number of nitrogens with one attached hydrogen (secondary N) is 2. The third kappa shape index (κ3) is 3.04. The second-order valence-corrected chi connectivity index (χ2v) is 7.73. The molecular weight excluding hydrogens is 300 g/mol. The first-order valence-corrected chi connectivity index (χ1v) is 9.30. The van der Waals surface area contributed by atoms with Crippen molar-refractivity contribution < 1.29 is 13.2 Å². The third-order valence-corrected chi connectivity index (χ3v) is 6.15. The first-order valence-electron chi connectivity index (χ1n) is 7.76. The van der Waals surface area contributed by atoms with Gasteiger partial charge in [0.05, 0.1) is 6.61 Å². The van der Waals surface area contributed by atoms with Crippen molar-refractivity contribution in [2.75, 3.05) is 19.8 Å². The largest absolute Gasteiger partial charge is 0.380 e. The number of hydrogen-bond donors (Lipinski definition) is 2. The zero-order valence-corrected chi connectivity index (χ0v) is 13.6. The van der Waals surface area contributed by atoms with Crippen molar-refractivity contribution in [3.05, 3.63) is 35.5 Å². The summed E-state index contributed by atoms with van der Waals surface area (Å²) in [6, 6.07) is 6.25. The molecule has 1 fully saturated rings. The fraction of sp³-hybridized carbons (Fsp3) is 0.500. The SMILES string of the molecule is CCc1cccc2c(CCNS(=O)(=O)[C@@H]3CCOC3)c[nH]c12. The van der Waals surface area contributed by atoms with Crippen LogP contribution in [0.1, 0.15) is 24.5 Å². The summed E-state index contributed by atoms with van der Waals surface area (Å²) in [6.07, 6.45) is 4.23. The van der Waals surface area contributed by atoms with E-state index in [2.05, 4.69) is 34.8 Å². The van der Waals surface area contributed by atoms with Crippen LogP contribution in [0.3, 0.4) is 0 Å². The molecule has 1 aromatic heterocycles. The Bertz CT molecular complexity index is 746. The zero-order valence-electron chi connectivity index (χ0n) is 12.8. The summed E-state index contributed by atoms with van der Waals surface area (Å²) in [6.45, 7) is 3.39. The molecule has 0 unspecified atom stereocenters. The lowest BCUT2D eigenvalue weighted by Crippen LogP contribution is -2.35. The normalized spacial score (nSPS) is 19.0. The third-order valence-electron chi connectivity index (χ3n) is 4.29. The van der Waals surface area contributed by atoms with Crippen molar-refractivity contribution in [3.63, 3.8) is 0 Å². The van der Waals surface area contributed by atoms with Crippen LogP contribution in [0.4, 0.5) is 0 Å². The molecule has 22 heavy (non-hydrogen) atoms. The molecule has 0 radical (unpaired) electrons. The Morgan fingerprint density at radius 2 is 2.23 bits per heavy atom. The van der Waals surface area contributed by atoms with Gasteiger partial charge in [0.2, 0.25) is 10.0 Å². The van der Waals surface area contributed by atoms with Gasteiger partial charge in [0.1, 0.15) is 5.25 Å². The van der Waals surface area contributed by atoms with Crippen LogP contribution in [0.5, 0.6) is 0 Å². The van der Waals surface area contributed by atoms with Gasteiger partial charge in [0.25, 0.3) is 0 Å². The van der Waals surface area contributed by atoms with E-state index >= 15 is 0 Å². The van der Waals surface area contributed by atoms with Crippen molar-refractivity contribution in [2.45, 2.75) is 31.4 Å². The zero-order chi connectivity index (χ0) is 15.6. The molecule has 1 aliphatic rings. The van der Waals surface area contributed by atoms with E-state index < -0.39 is 15.3 Å². The van der Waals surface area contributed by atoms with Crippen molar-refractivity contribution in [3.8, 4) is 0 Å². The van der Waals surface area contributed by atoms with Gasteiger partial charge in [-0.3, -0.25) is 0 Å². The Kier molecular flexibility index (Phi) is 4.52. The number of aromatic amines is 1. The van der Waals surface area contributed by atoms with Crippen LogP contribution in [-0.4, -0.2) is 38.4 Å². The summed E-state index contributed by atoms with van der Waals surface area (Å²) in [5.74, 6) is 0. The highest BCUT2D eigenvalue weighted by Gasteiger charge is 2.28.